The van der Waals surface area contributed by atoms with Gasteiger partial charge in [0.2, 0.25) is 0 Å². The van der Waals surface area contributed by atoms with Crippen molar-refractivity contribution < 1.29 is 24.1 Å². The second kappa shape index (κ2) is 8.31. The van der Waals surface area contributed by atoms with E-state index in [0.29, 0.717) is 18.8 Å². The van der Waals surface area contributed by atoms with Crippen LogP contribution in [0.1, 0.15) is 61.9 Å². The molecule has 4 bridgehead atoms. The lowest BCUT2D eigenvalue weighted by atomic mass is 9.65. The lowest BCUT2D eigenvalue weighted by molar-refractivity contribution is -0.141. The molecule has 1 N–H and O–H groups in total. The van der Waals surface area contributed by atoms with Crippen LogP contribution in [-0.4, -0.2) is 36.2 Å². The molecule has 3 aromatic rings. The Kier molecular flexibility index (Phi) is 5.22. The predicted octanol–water partition coefficient (Wildman–Crippen LogP) is 6.81. The molecule has 4 unspecified atom stereocenters. The molecular weight excluding hydrogens is 464 g/mol. The van der Waals surface area contributed by atoms with Gasteiger partial charge in [-0.2, -0.15) is 0 Å². The zero-order valence-corrected chi connectivity index (χ0v) is 21.5. The van der Waals surface area contributed by atoms with Gasteiger partial charge in [-0.05, 0) is 121 Å². The molecule has 4 saturated carbocycles. The summed E-state index contributed by atoms with van der Waals surface area (Å²) in [6, 6.07) is 18.3. The Morgan fingerprint density at radius 1 is 0.946 bits per heavy atom. The van der Waals surface area contributed by atoms with E-state index in [9.17, 15) is 9.90 Å². The Morgan fingerprint density at radius 3 is 2.35 bits per heavy atom. The van der Waals surface area contributed by atoms with Crippen LogP contribution in [-0.2, 0) is 14.9 Å². The minimum absolute atomic E-state index is 0.0627. The SMILES string of the molecule is CC1(C)OCC(COc2ccc(-c3ccc4cc(C(=O)O)ccc4c3)cc2C23CC4CC(C2)[C@H](C4)C3)O1. The fraction of sp³-hybridized carbons (Fsp3) is 0.469. The summed E-state index contributed by atoms with van der Waals surface area (Å²) in [5.74, 6) is 2.13. The number of aromatic carboxylic acids is 1. The first kappa shape index (κ1) is 23.2. The summed E-state index contributed by atoms with van der Waals surface area (Å²) in [5.41, 5.74) is 4.22. The standard InChI is InChI=1S/C32H34O5/c1-31(2)36-18-27(37-31)17-35-29-8-7-23(13-28(29)32-14-19-9-25(15-32)26(10-19)16-32)21-3-4-22-12-24(30(33)34)6-5-20(22)11-21/h3-8,11-13,19,25-27H,9-10,14-18H2,1-2H3,(H,33,34)/t19?,25-,26?,27?,32?/m1/s1. The molecule has 1 heterocycles. The van der Waals surface area contributed by atoms with Crippen molar-refractivity contribution in [1.82, 2.24) is 0 Å². The smallest absolute Gasteiger partial charge is 0.335 e. The van der Waals surface area contributed by atoms with Crippen LogP contribution < -0.4 is 4.74 Å². The third-order valence-electron chi connectivity index (χ3n) is 9.39. The van der Waals surface area contributed by atoms with Gasteiger partial charge in [-0.15, -0.1) is 0 Å². The monoisotopic (exact) mass is 498 g/mol. The fourth-order valence-corrected chi connectivity index (χ4v) is 7.98. The first-order chi connectivity index (χ1) is 17.8. The quantitative estimate of drug-likeness (QED) is 0.404. The molecule has 8 rings (SSSR count). The van der Waals surface area contributed by atoms with Gasteiger partial charge in [0.25, 0.3) is 0 Å². The van der Waals surface area contributed by atoms with Crippen molar-refractivity contribution in [3.05, 3.63) is 65.7 Å². The average molecular weight is 499 g/mol. The highest BCUT2D eigenvalue weighted by Crippen LogP contribution is 2.66. The number of rotatable bonds is 6. The van der Waals surface area contributed by atoms with Gasteiger partial charge in [-0.25, -0.2) is 4.79 Å². The molecule has 5 heteroatoms. The third-order valence-corrected chi connectivity index (χ3v) is 9.39. The first-order valence-corrected chi connectivity index (χ1v) is 13.6. The Hall–Kier alpha value is -2.89. The Labute approximate surface area is 217 Å². The van der Waals surface area contributed by atoms with E-state index in [2.05, 4.69) is 30.3 Å². The van der Waals surface area contributed by atoms with Crippen molar-refractivity contribution >= 4 is 16.7 Å². The molecule has 3 aromatic carbocycles. The van der Waals surface area contributed by atoms with Gasteiger partial charge in [0.05, 0.1) is 12.2 Å². The van der Waals surface area contributed by atoms with E-state index in [4.69, 9.17) is 14.2 Å². The molecule has 37 heavy (non-hydrogen) atoms. The maximum absolute atomic E-state index is 11.4. The van der Waals surface area contributed by atoms with Gasteiger partial charge >= 0.3 is 5.97 Å². The normalized spacial score (nSPS) is 31.3. The van der Waals surface area contributed by atoms with Gasteiger partial charge in [0.1, 0.15) is 18.5 Å². The zero-order chi connectivity index (χ0) is 25.4. The number of carbonyl (C=O) groups is 1. The summed E-state index contributed by atoms with van der Waals surface area (Å²) in [5, 5.41) is 11.3. The summed E-state index contributed by atoms with van der Waals surface area (Å²) >= 11 is 0. The number of carboxylic acid groups (broad SMARTS) is 1. The van der Waals surface area contributed by atoms with E-state index in [1.165, 1.54) is 43.2 Å². The van der Waals surface area contributed by atoms with Crippen LogP contribution in [0.2, 0.25) is 0 Å². The molecule has 0 aromatic heterocycles. The van der Waals surface area contributed by atoms with Crippen LogP contribution in [0.15, 0.2) is 54.6 Å². The molecule has 5 fully saturated rings. The predicted molar refractivity (Wildman–Crippen MR) is 142 cm³/mol. The molecule has 5 atom stereocenters. The third kappa shape index (κ3) is 4.04. The van der Waals surface area contributed by atoms with Crippen molar-refractivity contribution in [3.63, 3.8) is 0 Å². The summed E-state index contributed by atoms with van der Waals surface area (Å²) in [6.07, 6.45) is 6.58. The molecule has 4 aliphatic carbocycles. The number of hydrogen-bond acceptors (Lipinski definition) is 4. The Morgan fingerprint density at radius 2 is 1.65 bits per heavy atom. The van der Waals surface area contributed by atoms with E-state index in [1.807, 2.05) is 26.0 Å². The number of ether oxygens (including phenoxy) is 3. The number of hydrogen-bond donors (Lipinski definition) is 1. The van der Waals surface area contributed by atoms with E-state index >= 15 is 0 Å². The van der Waals surface area contributed by atoms with Gasteiger partial charge in [-0.3, -0.25) is 0 Å². The van der Waals surface area contributed by atoms with Gasteiger partial charge in [0, 0.05) is 5.56 Å². The lowest BCUT2D eigenvalue weighted by Gasteiger charge is -2.40. The Bertz CT molecular complexity index is 1370. The first-order valence-electron chi connectivity index (χ1n) is 13.6. The second-order valence-electron chi connectivity index (χ2n) is 12.3. The Balaban J connectivity index is 1.24. The van der Waals surface area contributed by atoms with Crippen LogP contribution in [0.4, 0.5) is 0 Å². The molecule has 5 nitrogen and oxygen atoms in total. The number of fused-ring (bicyclic) bond motifs is 1. The summed E-state index contributed by atoms with van der Waals surface area (Å²) < 4.78 is 18.3. The lowest BCUT2D eigenvalue weighted by Crippen LogP contribution is -2.32. The van der Waals surface area contributed by atoms with Crippen molar-refractivity contribution in [2.45, 2.75) is 63.3 Å². The summed E-state index contributed by atoms with van der Waals surface area (Å²) in [6.45, 7) is 4.94. The topological polar surface area (TPSA) is 65.0 Å². The zero-order valence-electron chi connectivity index (χ0n) is 21.5. The van der Waals surface area contributed by atoms with E-state index in [0.717, 1.165) is 39.8 Å². The minimum atomic E-state index is -0.899. The van der Waals surface area contributed by atoms with Gasteiger partial charge in [0.15, 0.2) is 5.79 Å². The largest absolute Gasteiger partial charge is 0.490 e. The average Bonchev–Trinajstić information content (AvgIpc) is 3.47. The second-order valence-corrected chi connectivity index (χ2v) is 12.3. The van der Waals surface area contributed by atoms with Crippen molar-refractivity contribution in [2.75, 3.05) is 13.2 Å². The van der Waals surface area contributed by atoms with Crippen LogP contribution in [0, 0.1) is 17.8 Å². The highest BCUT2D eigenvalue weighted by atomic mass is 16.7. The molecule has 0 amide bonds. The summed E-state index contributed by atoms with van der Waals surface area (Å²) in [7, 11) is 0. The van der Waals surface area contributed by atoms with E-state index in [1.54, 1.807) is 12.1 Å². The number of carboxylic acids is 1. The van der Waals surface area contributed by atoms with Crippen LogP contribution in [0.25, 0.3) is 21.9 Å². The van der Waals surface area contributed by atoms with Crippen molar-refractivity contribution in [3.8, 4) is 16.9 Å². The van der Waals surface area contributed by atoms with E-state index < -0.39 is 11.8 Å². The van der Waals surface area contributed by atoms with Crippen molar-refractivity contribution in [2.24, 2.45) is 17.8 Å². The molecule has 192 valence electrons. The van der Waals surface area contributed by atoms with Gasteiger partial charge < -0.3 is 19.3 Å². The van der Waals surface area contributed by atoms with Crippen LogP contribution in [0.3, 0.4) is 0 Å². The maximum Gasteiger partial charge on any atom is 0.335 e. The highest BCUT2D eigenvalue weighted by molar-refractivity contribution is 5.95. The molecule has 0 spiro atoms. The minimum Gasteiger partial charge on any atom is -0.490 e. The molecule has 5 aliphatic rings. The molecule has 1 aliphatic heterocycles. The van der Waals surface area contributed by atoms with Crippen LogP contribution >= 0.6 is 0 Å². The summed E-state index contributed by atoms with van der Waals surface area (Å²) in [4.78, 5) is 11.4. The van der Waals surface area contributed by atoms with Crippen LogP contribution in [0.5, 0.6) is 5.75 Å². The molecule has 1 saturated heterocycles. The number of benzene rings is 3. The molecule has 0 radical (unpaired) electrons. The molecular formula is C32H34O5. The van der Waals surface area contributed by atoms with E-state index in [-0.39, 0.29) is 11.5 Å². The van der Waals surface area contributed by atoms with Gasteiger partial charge in [-0.1, -0.05) is 24.3 Å². The van der Waals surface area contributed by atoms with Crippen molar-refractivity contribution in [1.29, 1.82) is 0 Å². The highest BCUT2D eigenvalue weighted by Gasteiger charge is 2.57. The maximum atomic E-state index is 11.4. The fourth-order valence-electron chi connectivity index (χ4n) is 7.98.